The molecule has 414 valence electrons. The molecule has 0 spiro atoms. The number of anilines is 2. The van der Waals surface area contributed by atoms with Crippen molar-refractivity contribution in [1.29, 1.82) is 0 Å². The number of nitrogens with zero attached hydrogens (tertiary/aromatic N) is 4. The second-order valence-corrected chi connectivity index (χ2v) is 30.0. The highest BCUT2D eigenvalue weighted by Gasteiger charge is 2.50. The maximum atomic E-state index is 7.61. The van der Waals surface area contributed by atoms with Gasteiger partial charge in [-0.2, -0.15) is 0 Å². The molecule has 6 heteroatoms. The van der Waals surface area contributed by atoms with Crippen molar-refractivity contribution in [3.05, 3.63) is 197 Å². The Morgan fingerprint density at radius 2 is 1.07 bits per heavy atom. The Kier molecular flexibility index (Phi) is 9.73. The van der Waals surface area contributed by atoms with E-state index in [2.05, 4.69) is 262 Å². The third-order valence-electron chi connectivity index (χ3n) is 21.8. The van der Waals surface area contributed by atoms with Gasteiger partial charge in [-0.1, -0.05) is 175 Å². The minimum absolute atomic E-state index is 0.00738. The molecule has 0 unspecified atom stereocenters. The summed E-state index contributed by atoms with van der Waals surface area (Å²) in [5.74, 6) is 0.927. The van der Waals surface area contributed by atoms with Crippen LogP contribution >= 0.6 is 0 Å². The molecule has 0 radical (unpaired) electrons. The van der Waals surface area contributed by atoms with E-state index in [1.165, 1.54) is 124 Å². The summed E-state index contributed by atoms with van der Waals surface area (Å²) < 4.78 is 12.7. The van der Waals surface area contributed by atoms with E-state index in [-0.39, 0.29) is 39.3 Å². The van der Waals surface area contributed by atoms with Crippen molar-refractivity contribution in [3.63, 3.8) is 0 Å². The topological polar surface area (TPSA) is 39.1 Å². The van der Waals surface area contributed by atoms with Crippen LogP contribution in [0.4, 0.5) is 11.4 Å². The maximum Gasteiger partial charge on any atom is 0.333 e. The maximum absolute atomic E-state index is 7.61. The van der Waals surface area contributed by atoms with Crippen molar-refractivity contribution in [2.45, 2.75) is 148 Å². The third kappa shape index (κ3) is 6.55. The molecule has 9 aromatic carbocycles. The van der Waals surface area contributed by atoms with Gasteiger partial charge in [-0.05, 0) is 187 Å². The van der Waals surface area contributed by atoms with Crippen molar-refractivity contribution in [2.24, 2.45) is 0 Å². The number of hydrogen-bond acceptors (Lipinski definition) is 3. The first-order valence-electron chi connectivity index (χ1n) is 31.0. The van der Waals surface area contributed by atoms with Gasteiger partial charge in [-0.25, -0.2) is 4.98 Å². The molecule has 0 saturated heterocycles. The summed E-state index contributed by atoms with van der Waals surface area (Å²) in [7, 11) is 0. The molecule has 5 heterocycles. The summed E-state index contributed by atoms with van der Waals surface area (Å²) >= 11 is 0. The molecular weight excluding hydrogens is 1020 g/mol. The monoisotopic (exact) mass is 1090 g/mol. The number of para-hydroxylation sites is 2. The molecule has 3 aromatic heterocycles. The first-order chi connectivity index (χ1) is 40.0. The first kappa shape index (κ1) is 50.4. The second-order valence-electron chi connectivity index (χ2n) is 30.0. The van der Waals surface area contributed by atoms with Gasteiger partial charge in [-0.3, -0.25) is 4.57 Å². The van der Waals surface area contributed by atoms with Crippen molar-refractivity contribution >= 4 is 83.9 Å². The van der Waals surface area contributed by atoms with E-state index >= 15 is 0 Å². The summed E-state index contributed by atoms with van der Waals surface area (Å²) in [4.78, 5) is 8.49. The molecular formula is C78H73BN4O. The molecule has 0 saturated carbocycles. The van der Waals surface area contributed by atoms with Crippen LogP contribution in [0, 0.1) is 0 Å². The smallest absolute Gasteiger partial charge is 0.333 e. The zero-order valence-corrected chi connectivity index (χ0v) is 51.1. The van der Waals surface area contributed by atoms with Crippen molar-refractivity contribution in [2.75, 3.05) is 4.81 Å². The Hall–Kier alpha value is -8.09. The Balaban J connectivity index is 1.08. The van der Waals surface area contributed by atoms with E-state index in [9.17, 15) is 0 Å². The average molecular weight is 1090 g/mol. The minimum atomic E-state index is -0.274. The van der Waals surface area contributed by atoms with Gasteiger partial charge < -0.3 is 13.8 Å². The summed E-state index contributed by atoms with van der Waals surface area (Å²) in [6.45, 7) is 31.5. The van der Waals surface area contributed by atoms with Gasteiger partial charge in [0.05, 0.1) is 22.1 Å². The Morgan fingerprint density at radius 3 is 1.75 bits per heavy atom. The van der Waals surface area contributed by atoms with Gasteiger partial charge in [0.1, 0.15) is 17.0 Å². The molecule has 0 bridgehead atoms. The van der Waals surface area contributed by atoms with Crippen LogP contribution in [0.2, 0.25) is 0 Å². The van der Waals surface area contributed by atoms with Gasteiger partial charge in [0, 0.05) is 66.4 Å². The lowest BCUT2D eigenvalue weighted by Gasteiger charge is -2.43. The van der Waals surface area contributed by atoms with E-state index in [0.29, 0.717) is 0 Å². The van der Waals surface area contributed by atoms with Crippen LogP contribution in [0.25, 0.3) is 99.8 Å². The molecule has 0 fully saturated rings. The van der Waals surface area contributed by atoms with Crippen molar-refractivity contribution in [3.8, 4) is 45.0 Å². The molecule has 84 heavy (non-hydrogen) atoms. The van der Waals surface area contributed by atoms with E-state index < -0.39 is 0 Å². The Labute approximate surface area is 494 Å². The SMILES string of the molecule is CC(C)(C)c1ccc(N2B3c4cc5nc(-c6ccccc6)n(-c6ccccc6)c5cc4-n4c5cc6c(cc5c5c7c(oc8ccccc87)c(c3c54)-c3cc4c(cc32)-c2cc3c(cc2C4(C)C)C(C)(C)CCC3(C)C)C(C)(C)CCC6(C)C)cc1. The van der Waals surface area contributed by atoms with Crippen LogP contribution in [-0.2, 0) is 32.5 Å². The highest BCUT2D eigenvalue weighted by molar-refractivity contribution is 6.94. The fourth-order valence-corrected chi connectivity index (χ4v) is 16.7. The minimum Gasteiger partial charge on any atom is -0.455 e. The number of furan rings is 1. The molecule has 5 aliphatic rings. The van der Waals surface area contributed by atoms with Crippen molar-refractivity contribution in [1.82, 2.24) is 14.1 Å². The molecule has 5 nitrogen and oxygen atoms in total. The summed E-state index contributed by atoms with van der Waals surface area (Å²) in [5.41, 5.74) is 29.7. The van der Waals surface area contributed by atoms with Crippen LogP contribution < -0.4 is 15.7 Å². The van der Waals surface area contributed by atoms with E-state index in [1.807, 2.05) is 0 Å². The van der Waals surface area contributed by atoms with Crippen LogP contribution in [0.5, 0.6) is 0 Å². The van der Waals surface area contributed by atoms with Crippen LogP contribution in [-0.4, -0.2) is 21.0 Å². The largest absolute Gasteiger partial charge is 0.455 e. The van der Waals surface area contributed by atoms with Gasteiger partial charge >= 0.3 is 6.85 Å². The lowest BCUT2D eigenvalue weighted by atomic mass is 9.43. The number of rotatable bonds is 3. The van der Waals surface area contributed by atoms with E-state index in [4.69, 9.17) is 9.40 Å². The predicted molar refractivity (Wildman–Crippen MR) is 354 cm³/mol. The fourth-order valence-electron chi connectivity index (χ4n) is 16.7. The summed E-state index contributed by atoms with van der Waals surface area (Å²) in [5, 5.41) is 4.92. The third-order valence-corrected chi connectivity index (χ3v) is 21.8. The quantitative estimate of drug-likeness (QED) is 0.166. The van der Waals surface area contributed by atoms with E-state index in [0.717, 1.165) is 63.2 Å². The zero-order chi connectivity index (χ0) is 57.7. The first-order valence-corrected chi connectivity index (χ1v) is 31.0. The summed E-state index contributed by atoms with van der Waals surface area (Å²) in [6.07, 6.45) is 4.61. The summed E-state index contributed by atoms with van der Waals surface area (Å²) in [6, 6.07) is 60.8. The molecule has 17 rings (SSSR count). The molecule has 0 atom stereocenters. The fraction of sp³-hybridized carbons (Fsp3) is 0.295. The molecule has 2 aliphatic heterocycles. The van der Waals surface area contributed by atoms with Gasteiger partial charge in [0.15, 0.2) is 0 Å². The van der Waals surface area contributed by atoms with Crippen LogP contribution in [0.1, 0.15) is 155 Å². The highest BCUT2D eigenvalue weighted by atomic mass is 16.3. The highest BCUT2D eigenvalue weighted by Crippen LogP contribution is 2.60. The number of aromatic nitrogens is 3. The average Bonchev–Trinajstić information content (AvgIpc) is 1.47. The Bertz CT molecular complexity index is 4900. The van der Waals surface area contributed by atoms with Gasteiger partial charge in [0.25, 0.3) is 0 Å². The Morgan fingerprint density at radius 1 is 0.488 bits per heavy atom. The normalized spacial score (nSPS) is 18.1. The standard InChI is InChI=1S/C78H73BN4O/c1-73(2,3)45-28-30-47(31-29-45)83-62-39-50-49-36-55-57(76(8,9)34-32-74(55,4)5)40-54(49)78(12,13)53(50)37-52(62)68-69-70-66(67-48-26-20-21-27-65(48)84-71(67)68)51-38-56-58(77(10,11)35-33-75(56,6)7)41-61(51)82(70)63-43-64-60(42-59(63)79(69)83)80-72(44-22-16-14-17-23-44)81(64)46-24-18-15-19-25-46/h14-31,36-43H,32-35H2,1-13H3. The van der Waals surface area contributed by atoms with Gasteiger partial charge in [-0.15, -0.1) is 0 Å². The number of hydrogen-bond donors (Lipinski definition) is 0. The number of imidazole rings is 1. The lowest BCUT2D eigenvalue weighted by molar-refractivity contribution is 0.331. The number of fused-ring (bicyclic) bond motifs is 19. The zero-order valence-electron chi connectivity index (χ0n) is 51.1. The van der Waals surface area contributed by atoms with Crippen LogP contribution in [0.15, 0.2) is 162 Å². The predicted octanol–water partition coefficient (Wildman–Crippen LogP) is 19.2. The molecule has 0 N–H and O–H groups in total. The number of benzene rings is 9. The van der Waals surface area contributed by atoms with E-state index in [1.54, 1.807) is 0 Å². The molecule has 0 amide bonds. The van der Waals surface area contributed by atoms with Gasteiger partial charge in [0.2, 0.25) is 0 Å². The van der Waals surface area contributed by atoms with Crippen LogP contribution in [0.3, 0.4) is 0 Å². The molecule has 3 aliphatic carbocycles. The molecule has 12 aromatic rings. The van der Waals surface area contributed by atoms with Crippen molar-refractivity contribution < 1.29 is 4.42 Å². The second kappa shape index (κ2) is 16.2. The lowest BCUT2D eigenvalue weighted by Crippen LogP contribution is -2.60.